The Labute approximate surface area is 114 Å². The predicted molar refractivity (Wildman–Crippen MR) is 71.0 cm³/mol. The molecule has 2 aromatic rings. The Kier molecular flexibility index (Phi) is 4.85. The number of ether oxygens (including phenoxy) is 1. The molecule has 0 saturated carbocycles. The molecule has 8 heteroatoms. The first-order chi connectivity index (χ1) is 9.28. The fraction of sp³-hybridized carbons (Fsp3) is 0.455. The van der Waals surface area contributed by atoms with Crippen molar-refractivity contribution in [3.8, 4) is 0 Å². The molecule has 2 heterocycles. The van der Waals surface area contributed by atoms with Gasteiger partial charge in [-0.05, 0) is 6.92 Å². The fourth-order valence-electron chi connectivity index (χ4n) is 1.46. The van der Waals surface area contributed by atoms with Crippen LogP contribution in [-0.2, 0) is 22.5 Å². The highest BCUT2D eigenvalue weighted by molar-refractivity contribution is 7.13. The number of esters is 1. The number of nitrogens with zero attached hydrogens (tertiary/aromatic N) is 4. The van der Waals surface area contributed by atoms with Crippen LogP contribution in [-0.4, -0.2) is 39.1 Å². The summed E-state index contributed by atoms with van der Waals surface area (Å²) in [7, 11) is 0. The summed E-state index contributed by atoms with van der Waals surface area (Å²) in [4.78, 5) is 15.6. The summed E-state index contributed by atoms with van der Waals surface area (Å²) < 4.78 is 6.61. The van der Waals surface area contributed by atoms with E-state index in [9.17, 15) is 4.79 Å². The van der Waals surface area contributed by atoms with E-state index in [2.05, 4.69) is 20.6 Å². The van der Waals surface area contributed by atoms with Gasteiger partial charge in [0.05, 0.1) is 31.5 Å². The molecule has 0 atom stereocenters. The van der Waals surface area contributed by atoms with E-state index in [0.717, 1.165) is 10.8 Å². The summed E-state index contributed by atoms with van der Waals surface area (Å²) in [6.45, 7) is 3.60. The molecule has 7 nitrogen and oxygen atoms in total. The summed E-state index contributed by atoms with van der Waals surface area (Å²) in [6, 6.07) is 0. The maximum atomic E-state index is 11.3. The number of anilines is 1. The second kappa shape index (κ2) is 6.83. The molecule has 0 aromatic carbocycles. The van der Waals surface area contributed by atoms with E-state index in [0.29, 0.717) is 19.7 Å². The number of nitrogens with one attached hydrogen (secondary N) is 1. The van der Waals surface area contributed by atoms with E-state index in [1.807, 2.05) is 5.38 Å². The van der Waals surface area contributed by atoms with Crippen molar-refractivity contribution in [1.82, 2.24) is 20.0 Å². The molecule has 0 aliphatic heterocycles. The third-order valence-corrected chi connectivity index (χ3v) is 3.12. The summed E-state index contributed by atoms with van der Waals surface area (Å²) in [5.41, 5.74) is 0.728. The number of rotatable bonds is 7. The van der Waals surface area contributed by atoms with Gasteiger partial charge < -0.3 is 10.1 Å². The lowest BCUT2D eigenvalue weighted by Crippen LogP contribution is -2.11. The van der Waals surface area contributed by atoms with Crippen LogP contribution in [0.4, 0.5) is 5.13 Å². The van der Waals surface area contributed by atoms with Gasteiger partial charge in [-0.1, -0.05) is 5.21 Å². The molecular weight excluding hydrogens is 266 g/mol. The van der Waals surface area contributed by atoms with Crippen molar-refractivity contribution in [2.75, 3.05) is 18.5 Å². The Morgan fingerprint density at radius 3 is 3.21 bits per heavy atom. The zero-order valence-electron chi connectivity index (χ0n) is 10.6. The zero-order valence-corrected chi connectivity index (χ0v) is 11.4. The van der Waals surface area contributed by atoms with Gasteiger partial charge >= 0.3 is 5.97 Å². The number of carbonyl (C=O) groups is 1. The van der Waals surface area contributed by atoms with Crippen molar-refractivity contribution in [3.05, 3.63) is 23.5 Å². The lowest BCUT2D eigenvalue weighted by molar-refractivity contribution is -0.142. The molecule has 0 amide bonds. The van der Waals surface area contributed by atoms with E-state index >= 15 is 0 Å². The van der Waals surface area contributed by atoms with Crippen molar-refractivity contribution in [1.29, 1.82) is 0 Å². The maximum Gasteiger partial charge on any atom is 0.311 e. The number of thiazole rings is 1. The lowest BCUT2D eigenvalue weighted by atomic mass is 10.3. The number of hydrogen-bond donors (Lipinski definition) is 1. The average molecular weight is 281 g/mol. The van der Waals surface area contributed by atoms with Gasteiger partial charge in [0, 0.05) is 18.1 Å². The van der Waals surface area contributed by atoms with Gasteiger partial charge in [0.2, 0.25) is 0 Å². The minimum Gasteiger partial charge on any atom is -0.466 e. The van der Waals surface area contributed by atoms with Gasteiger partial charge in [-0.2, -0.15) is 0 Å². The third-order valence-electron chi connectivity index (χ3n) is 2.27. The average Bonchev–Trinajstić information content (AvgIpc) is 3.01. The van der Waals surface area contributed by atoms with Gasteiger partial charge in [0.15, 0.2) is 5.13 Å². The molecule has 0 aliphatic rings. The van der Waals surface area contributed by atoms with Crippen LogP contribution in [0.25, 0.3) is 0 Å². The SMILES string of the molecule is CCOC(=O)Cc1csc(NCCn2ccnn2)n1. The van der Waals surface area contributed by atoms with Gasteiger partial charge in [-0.25, -0.2) is 4.98 Å². The summed E-state index contributed by atoms with van der Waals surface area (Å²) >= 11 is 1.47. The van der Waals surface area contributed by atoms with Crippen LogP contribution in [0.1, 0.15) is 12.6 Å². The Morgan fingerprint density at radius 1 is 1.58 bits per heavy atom. The topological polar surface area (TPSA) is 81.9 Å². The van der Waals surface area contributed by atoms with Crippen molar-refractivity contribution in [3.63, 3.8) is 0 Å². The monoisotopic (exact) mass is 281 g/mol. The first kappa shape index (κ1) is 13.5. The molecule has 0 bridgehead atoms. The van der Waals surface area contributed by atoms with Gasteiger partial charge in [-0.15, -0.1) is 16.4 Å². The van der Waals surface area contributed by atoms with Crippen molar-refractivity contribution < 1.29 is 9.53 Å². The summed E-state index contributed by atoms with van der Waals surface area (Å²) in [5, 5.41) is 13.4. The predicted octanol–water partition coefficient (Wildman–Crippen LogP) is 0.952. The number of carbonyl (C=O) groups excluding carboxylic acids is 1. The highest BCUT2D eigenvalue weighted by Gasteiger charge is 2.08. The fourth-order valence-corrected chi connectivity index (χ4v) is 2.20. The van der Waals surface area contributed by atoms with E-state index in [-0.39, 0.29) is 12.4 Å². The molecule has 0 fully saturated rings. The molecule has 0 spiro atoms. The largest absolute Gasteiger partial charge is 0.466 e. The van der Waals surface area contributed by atoms with Gasteiger partial charge in [-0.3, -0.25) is 9.48 Å². The second-order valence-corrected chi connectivity index (χ2v) is 4.58. The first-order valence-corrected chi connectivity index (χ1v) is 6.84. The van der Waals surface area contributed by atoms with Gasteiger partial charge in [0.25, 0.3) is 0 Å². The zero-order chi connectivity index (χ0) is 13.5. The van der Waals surface area contributed by atoms with E-state index in [1.165, 1.54) is 11.3 Å². The smallest absolute Gasteiger partial charge is 0.311 e. The second-order valence-electron chi connectivity index (χ2n) is 3.72. The van der Waals surface area contributed by atoms with Crippen molar-refractivity contribution >= 4 is 22.4 Å². The minimum absolute atomic E-state index is 0.217. The maximum absolute atomic E-state index is 11.3. The molecule has 2 rings (SSSR count). The normalized spacial score (nSPS) is 10.4. The molecule has 0 radical (unpaired) electrons. The van der Waals surface area contributed by atoms with Crippen LogP contribution >= 0.6 is 11.3 Å². The number of aromatic nitrogens is 4. The Morgan fingerprint density at radius 2 is 2.47 bits per heavy atom. The standard InChI is InChI=1S/C11H15N5O2S/c1-2-18-10(17)7-9-8-19-11(14-9)12-3-5-16-6-4-13-15-16/h4,6,8H,2-3,5,7H2,1H3,(H,12,14). The Hall–Kier alpha value is -1.96. The summed E-state index contributed by atoms with van der Waals surface area (Å²) in [6.07, 6.45) is 3.66. The molecule has 1 N–H and O–H groups in total. The van der Waals surface area contributed by atoms with Crippen molar-refractivity contribution in [2.24, 2.45) is 0 Å². The summed E-state index contributed by atoms with van der Waals surface area (Å²) in [5.74, 6) is -0.248. The molecule has 19 heavy (non-hydrogen) atoms. The van der Waals surface area contributed by atoms with Crippen LogP contribution in [0.3, 0.4) is 0 Å². The molecule has 0 unspecified atom stereocenters. The van der Waals surface area contributed by atoms with Crippen LogP contribution in [0.2, 0.25) is 0 Å². The van der Waals surface area contributed by atoms with E-state index in [1.54, 1.807) is 24.0 Å². The molecule has 2 aromatic heterocycles. The molecule has 0 saturated heterocycles. The van der Waals surface area contributed by atoms with Gasteiger partial charge in [0.1, 0.15) is 0 Å². The van der Waals surface area contributed by atoms with Crippen LogP contribution in [0.5, 0.6) is 0 Å². The quantitative estimate of drug-likeness (QED) is 0.761. The lowest BCUT2D eigenvalue weighted by Gasteiger charge is -2.01. The van der Waals surface area contributed by atoms with Crippen molar-refractivity contribution in [2.45, 2.75) is 19.9 Å². The highest BCUT2D eigenvalue weighted by atomic mass is 32.1. The first-order valence-electron chi connectivity index (χ1n) is 5.96. The third kappa shape index (κ3) is 4.32. The minimum atomic E-state index is -0.248. The molecule has 0 aliphatic carbocycles. The molecular formula is C11H15N5O2S. The van der Waals surface area contributed by atoms with Crippen LogP contribution in [0, 0.1) is 0 Å². The number of hydrogen-bond acceptors (Lipinski definition) is 7. The Bertz CT molecular complexity index is 511. The Balaban J connectivity index is 1.75. The van der Waals surface area contributed by atoms with E-state index in [4.69, 9.17) is 4.74 Å². The molecule has 102 valence electrons. The van der Waals surface area contributed by atoms with Crippen LogP contribution < -0.4 is 5.32 Å². The highest BCUT2D eigenvalue weighted by Crippen LogP contribution is 2.15. The van der Waals surface area contributed by atoms with E-state index < -0.39 is 0 Å². The van der Waals surface area contributed by atoms with Crippen LogP contribution in [0.15, 0.2) is 17.8 Å².